The molecule has 32 heteroatoms. The van der Waals surface area contributed by atoms with Gasteiger partial charge in [-0.25, -0.2) is 24.1 Å². The molecule has 5 N–H and O–H groups in total. The van der Waals surface area contributed by atoms with E-state index < -0.39 is 72.9 Å². The van der Waals surface area contributed by atoms with E-state index in [-0.39, 0.29) is 87.8 Å². The molecular weight excluding hydrogens is 1330 g/mol. The fourth-order valence-electron chi connectivity index (χ4n) is 11.0. The molecule has 504 valence electrons. The standard InChI is InChI=1S/C17H22N2O5.C10H11NO4.C8H10Cl3NO2.C8H12N2O2.C7H8Cl3NO2.C7H13NO2.CH4.ClH/c1-17(15(21)23-2)9-6-10-19(17)14(20)11-18-16(22)24-12-13-7-4-3-5-8-13;12-9(13)6-11-10(14)15-7-8-4-2-1-3-5-8;1-7-3-2-4-12(7)5(8(9,10)11)14-6(7)13;1-8-3-2-4-10(8)6(11)5-9-7(8)12;8-7(9,10)6-11-3-1-2-4(11)5(12)13-6;1-7(6(9)10-2)4-3-5-8-7;;/h3-5,7-8H,6,9-12H2,1-2H3,(H,18,22);1-5H,6-7H2,(H,11,14)(H,12,13);5H,2-4H2,1H3;2-5H2,1H3,(H,9,12);4,6H,1-3H2;8H,3-5H2,1-2H3;1H4;1H/t17-;;5-,7+;8-;4-,6+;7-;;/m0.1000../s1. The summed E-state index contributed by atoms with van der Waals surface area (Å²) in [4.78, 5) is 120. The molecule has 10 rings (SSSR count). The maximum Gasteiger partial charge on any atom is 0.407 e. The second-order valence-corrected chi connectivity index (χ2v) is 26.9. The fourth-order valence-corrected chi connectivity index (χ4v) is 12.0. The number of ether oxygens (including phenoxy) is 6. The van der Waals surface area contributed by atoms with Gasteiger partial charge in [-0.3, -0.25) is 33.7 Å². The van der Waals surface area contributed by atoms with E-state index in [1.165, 1.54) is 19.1 Å². The highest BCUT2D eigenvalue weighted by atomic mass is 35.6. The summed E-state index contributed by atoms with van der Waals surface area (Å²) in [5, 5.41) is 18.5. The third kappa shape index (κ3) is 21.1. The molecule has 0 unspecified atom stereocenters. The second kappa shape index (κ2) is 35.1. The average Bonchev–Trinajstić information content (AvgIpc) is 1.61. The van der Waals surface area contributed by atoms with Crippen LogP contribution in [0.15, 0.2) is 60.7 Å². The van der Waals surface area contributed by atoms with Crippen LogP contribution in [0.4, 0.5) is 9.59 Å². The van der Waals surface area contributed by atoms with Gasteiger partial charge in [0.05, 0.1) is 20.8 Å². The molecule has 25 nitrogen and oxygen atoms in total. The molecule has 0 aromatic heterocycles. The average molecular weight is 1410 g/mol. The first-order valence-corrected chi connectivity index (χ1v) is 30.6. The second-order valence-electron chi connectivity index (χ2n) is 22.2. The Morgan fingerprint density at radius 1 is 0.667 bits per heavy atom. The molecule has 2 aromatic rings. The van der Waals surface area contributed by atoms with Crippen molar-refractivity contribution in [3.8, 4) is 0 Å². The van der Waals surface area contributed by atoms with Crippen molar-refractivity contribution in [1.82, 2.24) is 40.9 Å². The minimum absolute atomic E-state index is 0. The molecular formula is C58H81Cl7N8O17. The van der Waals surface area contributed by atoms with Gasteiger partial charge in [0.1, 0.15) is 54.5 Å². The van der Waals surface area contributed by atoms with E-state index in [1.54, 1.807) is 11.8 Å². The van der Waals surface area contributed by atoms with Gasteiger partial charge in [0.15, 0.2) is 0 Å². The lowest BCUT2D eigenvalue weighted by atomic mass is 9.96. The molecule has 2 aromatic carbocycles. The van der Waals surface area contributed by atoms with E-state index in [0.29, 0.717) is 13.0 Å². The van der Waals surface area contributed by atoms with Crippen LogP contribution in [0.2, 0.25) is 0 Å². The van der Waals surface area contributed by atoms with Crippen molar-refractivity contribution in [3.63, 3.8) is 0 Å². The van der Waals surface area contributed by atoms with Gasteiger partial charge in [-0.05, 0) is 110 Å². The Morgan fingerprint density at radius 3 is 1.71 bits per heavy atom. The summed E-state index contributed by atoms with van der Waals surface area (Å²) in [5.74, 6) is -2.54. The minimum Gasteiger partial charge on any atom is -0.480 e. The number of carboxylic acids is 1. The number of carbonyl (C=O) groups excluding carboxylic acids is 9. The summed E-state index contributed by atoms with van der Waals surface area (Å²) >= 11 is 34.3. The zero-order valence-electron chi connectivity index (χ0n) is 50.1. The van der Waals surface area contributed by atoms with Crippen molar-refractivity contribution < 1.29 is 81.5 Å². The summed E-state index contributed by atoms with van der Waals surface area (Å²) < 4.78 is 26.2. The molecule has 8 saturated heterocycles. The summed E-state index contributed by atoms with van der Waals surface area (Å²) in [7, 11) is 2.72. The molecule has 8 fully saturated rings. The molecule has 5 amide bonds. The van der Waals surface area contributed by atoms with Crippen LogP contribution in [0.1, 0.15) is 110 Å². The molecule has 8 aliphatic heterocycles. The number of alkyl carbamates (subject to hydrolysis) is 2. The van der Waals surface area contributed by atoms with E-state index in [2.05, 4.69) is 26.0 Å². The Balaban J connectivity index is 0.000000287. The Hall–Kier alpha value is -5.35. The van der Waals surface area contributed by atoms with E-state index in [1.807, 2.05) is 91.2 Å². The molecule has 8 aliphatic rings. The van der Waals surface area contributed by atoms with Gasteiger partial charge in [-0.1, -0.05) is 138 Å². The number of hydrogen-bond acceptors (Lipinski definition) is 19. The highest BCUT2D eigenvalue weighted by Crippen LogP contribution is 2.46. The van der Waals surface area contributed by atoms with Crippen LogP contribution < -0.4 is 21.3 Å². The van der Waals surface area contributed by atoms with Crippen LogP contribution in [-0.4, -0.2) is 199 Å². The fraction of sp³-hybridized carbons (Fsp3) is 0.621. The predicted molar refractivity (Wildman–Crippen MR) is 337 cm³/mol. The summed E-state index contributed by atoms with van der Waals surface area (Å²) in [6.07, 6.45) is 5.54. The number of fused-ring (bicyclic) bond motifs is 3. The van der Waals surface area contributed by atoms with Gasteiger partial charge in [0.25, 0.3) is 0 Å². The van der Waals surface area contributed by atoms with E-state index in [9.17, 15) is 47.9 Å². The number of aliphatic carboxylic acids is 1. The van der Waals surface area contributed by atoms with Gasteiger partial charge < -0.3 is 64.6 Å². The third-order valence-corrected chi connectivity index (χ3v) is 17.0. The lowest BCUT2D eigenvalue weighted by Gasteiger charge is -2.37. The summed E-state index contributed by atoms with van der Waals surface area (Å²) in [6, 6.07) is 18.2. The number of halogens is 7. The van der Waals surface area contributed by atoms with Gasteiger partial charge in [-0.2, -0.15) is 0 Å². The summed E-state index contributed by atoms with van der Waals surface area (Å²) in [6.45, 7) is 10.6. The molecule has 0 radical (unpaired) electrons. The zero-order chi connectivity index (χ0) is 65.3. The van der Waals surface area contributed by atoms with Crippen molar-refractivity contribution in [2.75, 3.05) is 66.6 Å². The number of methoxy groups -OCH3 is 2. The largest absolute Gasteiger partial charge is 0.480 e. The SMILES string of the molecule is C.COC(=O)[C@]1(C)CCCN1.COC(=O)[C@]1(C)CCCN1C(=O)CNC(=O)OCc1ccccc1.C[C@@]12CCCN1C(=O)CNC2=O.C[C@@]12CCCN1[C@@H](C(Cl)(Cl)Cl)OC2=O.Cl.O=C(O)CNC(=O)OCc1ccccc1.O=C1O[C@H](C(Cl)(Cl)Cl)N2CCC[C@@H]12. The van der Waals surface area contributed by atoms with Crippen LogP contribution in [0.25, 0.3) is 0 Å². The Kier molecular flexibility index (Phi) is 30.7. The number of amides is 5. The lowest BCUT2D eigenvalue weighted by Crippen LogP contribution is -2.62. The molecule has 8 heterocycles. The number of carboxylic acid groups (broad SMARTS) is 1. The number of nitrogens with zero attached hydrogens (tertiary/aromatic N) is 4. The van der Waals surface area contributed by atoms with Gasteiger partial charge in [0, 0.05) is 26.2 Å². The van der Waals surface area contributed by atoms with Gasteiger partial charge >= 0.3 is 42.0 Å². The van der Waals surface area contributed by atoms with Crippen molar-refractivity contribution in [2.24, 2.45) is 0 Å². The van der Waals surface area contributed by atoms with Crippen LogP contribution in [0, 0.1) is 0 Å². The van der Waals surface area contributed by atoms with Crippen LogP contribution >= 0.6 is 82.0 Å². The molecule has 0 bridgehead atoms. The van der Waals surface area contributed by atoms with Crippen LogP contribution in [-0.2, 0) is 80.0 Å². The predicted octanol–water partition coefficient (Wildman–Crippen LogP) is 7.12. The molecule has 0 saturated carbocycles. The number of cyclic esters (lactones) is 2. The number of piperazine rings is 1. The van der Waals surface area contributed by atoms with Gasteiger partial charge in [0.2, 0.25) is 37.8 Å². The normalized spacial score (nSPS) is 26.1. The molecule has 0 spiro atoms. The van der Waals surface area contributed by atoms with E-state index in [4.69, 9.17) is 98.4 Å². The van der Waals surface area contributed by atoms with Crippen molar-refractivity contribution in [1.29, 1.82) is 0 Å². The number of benzene rings is 2. The number of alkyl halides is 6. The number of esters is 4. The molecule has 7 atom stereocenters. The quantitative estimate of drug-likeness (QED) is 0.0898. The highest BCUT2D eigenvalue weighted by Gasteiger charge is 2.60. The minimum atomic E-state index is -1.57. The number of hydrogen-bond donors (Lipinski definition) is 5. The first-order valence-electron chi connectivity index (χ1n) is 28.3. The maximum atomic E-state index is 12.3. The van der Waals surface area contributed by atoms with Crippen LogP contribution in [0.5, 0.6) is 0 Å². The smallest absolute Gasteiger partial charge is 0.407 e. The van der Waals surface area contributed by atoms with E-state index >= 15 is 0 Å². The van der Waals surface area contributed by atoms with Crippen LogP contribution in [0.3, 0.4) is 0 Å². The van der Waals surface area contributed by atoms with E-state index in [0.717, 1.165) is 95.1 Å². The van der Waals surface area contributed by atoms with Crippen molar-refractivity contribution in [3.05, 3.63) is 71.8 Å². The monoisotopic (exact) mass is 1410 g/mol. The molecule has 90 heavy (non-hydrogen) atoms. The number of rotatable bonds is 10. The molecule has 0 aliphatic carbocycles. The number of likely N-dealkylation sites (tertiary alicyclic amines) is 1. The maximum absolute atomic E-state index is 12.3. The van der Waals surface area contributed by atoms with Gasteiger partial charge in [-0.15, -0.1) is 12.4 Å². The van der Waals surface area contributed by atoms with Crippen molar-refractivity contribution >= 4 is 142 Å². The number of nitrogens with one attached hydrogen (secondary N) is 4. The first-order chi connectivity index (χ1) is 41.3. The Labute approximate surface area is 560 Å². The topological polar surface area (TPSA) is 307 Å². The third-order valence-electron chi connectivity index (χ3n) is 15.9. The first kappa shape index (κ1) is 78.9. The lowest BCUT2D eigenvalue weighted by molar-refractivity contribution is -0.157. The zero-order valence-corrected chi connectivity index (χ0v) is 55.4. The number of carbonyl (C=O) groups is 10. The highest BCUT2D eigenvalue weighted by molar-refractivity contribution is 6.68. The summed E-state index contributed by atoms with van der Waals surface area (Å²) in [5.41, 5.74) is -0.806. The Morgan fingerprint density at radius 2 is 1.20 bits per heavy atom. The Bertz CT molecular complexity index is 2780. The van der Waals surface area contributed by atoms with Crippen molar-refractivity contribution in [2.45, 2.75) is 161 Å².